The van der Waals surface area contributed by atoms with E-state index in [1.165, 1.54) is 45.1 Å². The molecule has 37 heavy (non-hydrogen) atoms. The first-order valence-corrected chi connectivity index (χ1v) is 12.8. The van der Waals surface area contributed by atoms with E-state index in [1.54, 1.807) is 7.11 Å². The van der Waals surface area contributed by atoms with Crippen molar-refractivity contribution in [2.24, 2.45) is 0 Å². The summed E-state index contributed by atoms with van der Waals surface area (Å²) in [4.78, 5) is 0. The van der Waals surface area contributed by atoms with Gasteiger partial charge in [-0.2, -0.15) is 4.58 Å². The number of aryl methyl sites for hydroxylation is 2. The monoisotopic (exact) mass is 491 g/mol. The van der Waals surface area contributed by atoms with Gasteiger partial charge in [-0.1, -0.05) is 54.6 Å². The molecule has 0 spiro atoms. The molecule has 4 nitrogen and oxygen atoms in total. The molecule has 0 fully saturated rings. The SMILES string of the molecule is COc1cc2ccccc2cc1OCCn1c(C)cc(C)c1C(=C1C(C)=CC(C)=[N+]1C)c1ccccc1. The maximum atomic E-state index is 6.34. The molecule has 1 aliphatic heterocycles. The lowest BCUT2D eigenvalue weighted by molar-refractivity contribution is -0.434. The third-order valence-electron chi connectivity index (χ3n) is 7.30. The van der Waals surface area contributed by atoms with E-state index in [9.17, 15) is 0 Å². The van der Waals surface area contributed by atoms with Crippen molar-refractivity contribution >= 4 is 22.1 Å². The molecule has 1 aliphatic rings. The van der Waals surface area contributed by atoms with Gasteiger partial charge in [-0.15, -0.1) is 0 Å². The summed E-state index contributed by atoms with van der Waals surface area (Å²) in [6.07, 6.45) is 2.27. The minimum atomic E-state index is 0.532. The number of hydrogen-bond donors (Lipinski definition) is 0. The highest BCUT2D eigenvalue weighted by Gasteiger charge is 2.30. The average molecular weight is 492 g/mol. The highest BCUT2D eigenvalue weighted by Crippen LogP contribution is 2.36. The van der Waals surface area contributed by atoms with Gasteiger partial charge < -0.3 is 14.0 Å². The van der Waals surface area contributed by atoms with E-state index in [0.717, 1.165) is 28.8 Å². The Morgan fingerprint density at radius 2 is 1.49 bits per heavy atom. The molecule has 4 aromatic rings. The molecular formula is C33H35N2O2+. The normalized spacial score (nSPS) is 14.8. The Morgan fingerprint density at radius 3 is 2.11 bits per heavy atom. The van der Waals surface area contributed by atoms with E-state index in [2.05, 4.69) is 105 Å². The molecule has 0 saturated carbocycles. The number of ether oxygens (including phenoxy) is 2. The predicted octanol–water partition coefficient (Wildman–Crippen LogP) is 7.17. The number of fused-ring (bicyclic) bond motifs is 1. The predicted molar refractivity (Wildman–Crippen MR) is 153 cm³/mol. The van der Waals surface area contributed by atoms with E-state index in [1.807, 2.05) is 18.2 Å². The molecule has 2 heterocycles. The van der Waals surface area contributed by atoms with Gasteiger partial charge in [0, 0.05) is 24.3 Å². The van der Waals surface area contributed by atoms with Crippen LogP contribution in [0.3, 0.4) is 0 Å². The van der Waals surface area contributed by atoms with Crippen molar-refractivity contribution in [2.45, 2.75) is 34.2 Å². The summed E-state index contributed by atoms with van der Waals surface area (Å²) < 4.78 is 16.7. The maximum absolute atomic E-state index is 6.34. The summed E-state index contributed by atoms with van der Waals surface area (Å²) in [5.74, 6) is 1.52. The van der Waals surface area contributed by atoms with Gasteiger partial charge in [0.05, 0.1) is 24.9 Å². The first-order valence-electron chi connectivity index (χ1n) is 12.8. The number of allylic oxidation sites excluding steroid dienone is 2. The summed E-state index contributed by atoms with van der Waals surface area (Å²) in [6, 6.07) is 25.4. The van der Waals surface area contributed by atoms with E-state index in [-0.39, 0.29) is 0 Å². The van der Waals surface area contributed by atoms with E-state index < -0.39 is 0 Å². The summed E-state index contributed by atoms with van der Waals surface area (Å²) in [7, 11) is 3.85. The zero-order valence-electron chi connectivity index (χ0n) is 22.6. The lowest BCUT2D eigenvalue weighted by Gasteiger charge is -2.18. The summed E-state index contributed by atoms with van der Waals surface area (Å²) >= 11 is 0. The maximum Gasteiger partial charge on any atom is 0.218 e. The zero-order chi connectivity index (χ0) is 26.1. The van der Waals surface area contributed by atoms with Crippen LogP contribution >= 0.6 is 0 Å². The number of benzene rings is 3. The number of hydrogen-bond acceptors (Lipinski definition) is 2. The number of aromatic nitrogens is 1. The molecule has 0 unspecified atom stereocenters. The Bertz CT molecular complexity index is 1570. The van der Waals surface area contributed by atoms with Crippen LogP contribution in [-0.4, -0.2) is 35.6 Å². The minimum absolute atomic E-state index is 0.532. The summed E-state index contributed by atoms with van der Waals surface area (Å²) in [5.41, 5.74) is 9.97. The molecule has 5 rings (SSSR count). The largest absolute Gasteiger partial charge is 0.493 e. The Balaban J connectivity index is 1.54. The molecule has 3 aromatic carbocycles. The third kappa shape index (κ3) is 4.60. The van der Waals surface area contributed by atoms with Gasteiger partial charge in [-0.25, -0.2) is 0 Å². The van der Waals surface area contributed by atoms with Crippen molar-refractivity contribution in [3.8, 4) is 11.5 Å². The molecule has 0 saturated heterocycles. The molecule has 0 atom stereocenters. The first kappa shape index (κ1) is 24.6. The molecular weight excluding hydrogens is 456 g/mol. The van der Waals surface area contributed by atoms with Gasteiger partial charge in [0.2, 0.25) is 5.70 Å². The first-order chi connectivity index (χ1) is 17.9. The zero-order valence-corrected chi connectivity index (χ0v) is 22.6. The fourth-order valence-electron chi connectivity index (χ4n) is 5.46. The Kier molecular flexibility index (Phi) is 6.75. The Hall–Kier alpha value is -4.05. The van der Waals surface area contributed by atoms with Crippen molar-refractivity contribution in [3.05, 3.63) is 113 Å². The summed E-state index contributed by atoms with van der Waals surface area (Å²) in [5, 5.41) is 2.28. The second-order valence-electron chi connectivity index (χ2n) is 9.79. The number of methoxy groups -OCH3 is 1. The van der Waals surface area contributed by atoms with Crippen LogP contribution in [0.2, 0.25) is 0 Å². The van der Waals surface area contributed by atoms with Crippen molar-refractivity contribution < 1.29 is 14.0 Å². The van der Waals surface area contributed by atoms with Crippen LogP contribution in [0.4, 0.5) is 0 Å². The van der Waals surface area contributed by atoms with Gasteiger partial charge in [-0.05, 0) is 60.9 Å². The fourth-order valence-corrected chi connectivity index (χ4v) is 5.46. The molecule has 188 valence electrons. The van der Waals surface area contributed by atoms with Gasteiger partial charge in [0.15, 0.2) is 17.2 Å². The quantitative estimate of drug-likeness (QED) is 0.256. The standard InChI is InChI=1S/C33H35N2O2/c1-22-18-24(3)34(5)32(22)31(26-12-8-7-9-13-26)33-23(2)19-25(4)35(33)16-17-37-30-21-28-15-11-10-14-27(28)20-29(30)36-6/h7-15,18-21H,16-17H2,1-6H3/q+1. The molecule has 1 aromatic heterocycles. The molecule has 4 heteroatoms. The van der Waals surface area contributed by atoms with Crippen LogP contribution in [0.1, 0.15) is 36.4 Å². The van der Waals surface area contributed by atoms with Crippen molar-refractivity contribution in [1.29, 1.82) is 0 Å². The fraction of sp³-hybridized carbons (Fsp3) is 0.242. The van der Waals surface area contributed by atoms with E-state index in [0.29, 0.717) is 6.61 Å². The second kappa shape index (κ2) is 10.1. The molecule has 0 aliphatic carbocycles. The Labute approximate surface area is 219 Å². The molecule has 0 N–H and O–H groups in total. The van der Waals surface area contributed by atoms with Crippen LogP contribution in [0.5, 0.6) is 11.5 Å². The lowest BCUT2D eigenvalue weighted by Crippen LogP contribution is -2.16. The van der Waals surface area contributed by atoms with Gasteiger partial charge in [0.1, 0.15) is 13.7 Å². The smallest absolute Gasteiger partial charge is 0.218 e. The number of nitrogens with zero attached hydrogens (tertiary/aromatic N) is 2. The van der Waals surface area contributed by atoms with Crippen LogP contribution in [0, 0.1) is 13.8 Å². The molecule has 0 amide bonds. The van der Waals surface area contributed by atoms with Crippen LogP contribution in [-0.2, 0) is 6.54 Å². The second-order valence-corrected chi connectivity index (χ2v) is 9.79. The Morgan fingerprint density at radius 1 is 0.838 bits per heavy atom. The van der Waals surface area contributed by atoms with Gasteiger partial charge in [0.25, 0.3) is 0 Å². The molecule has 0 radical (unpaired) electrons. The highest BCUT2D eigenvalue weighted by molar-refractivity contribution is 5.95. The lowest BCUT2D eigenvalue weighted by atomic mass is 9.95. The van der Waals surface area contributed by atoms with Crippen molar-refractivity contribution in [1.82, 2.24) is 4.57 Å². The van der Waals surface area contributed by atoms with Gasteiger partial charge in [-0.3, -0.25) is 0 Å². The van der Waals surface area contributed by atoms with Crippen molar-refractivity contribution in [2.75, 3.05) is 20.8 Å². The number of likely N-dealkylation sites (N-methyl/N-ethyl adjacent to an activating group) is 1. The van der Waals surface area contributed by atoms with Gasteiger partial charge >= 0.3 is 0 Å². The van der Waals surface area contributed by atoms with Crippen LogP contribution in [0.25, 0.3) is 16.3 Å². The van der Waals surface area contributed by atoms with Crippen LogP contribution < -0.4 is 9.47 Å². The van der Waals surface area contributed by atoms with E-state index >= 15 is 0 Å². The minimum Gasteiger partial charge on any atom is -0.493 e. The topological polar surface area (TPSA) is 26.4 Å². The third-order valence-corrected chi connectivity index (χ3v) is 7.30. The molecule has 0 bridgehead atoms. The van der Waals surface area contributed by atoms with E-state index in [4.69, 9.17) is 9.47 Å². The number of rotatable bonds is 7. The van der Waals surface area contributed by atoms with Crippen LogP contribution in [0.15, 0.2) is 90.1 Å². The highest BCUT2D eigenvalue weighted by atomic mass is 16.5. The van der Waals surface area contributed by atoms with Crippen molar-refractivity contribution in [3.63, 3.8) is 0 Å². The summed E-state index contributed by atoms with van der Waals surface area (Å²) in [6.45, 7) is 10.0. The average Bonchev–Trinajstić information content (AvgIpc) is 3.32.